The number of aryl methyl sites for hydroxylation is 1. The summed E-state index contributed by atoms with van der Waals surface area (Å²) in [6.45, 7) is 1.63. The van der Waals surface area contributed by atoms with E-state index in [9.17, 15) is 4.79 Å². The van der Waals surface area contributed by atoms with E-state index < -0.39 is 0 Å². The van der Waals surface area contributed by atoms with Crippen molar-refractivity contribution < 1.29 is 4.79 Å². The van der Waals surface area contributed by atoms with E-state index in [-0.39, 0.29) is 5.78 Å². The maximum Gasteiger partial charge on any atom is 0.138 e. The Balaban J connectivity index is 1.93. The van der Waals surface area contributed by atoms with Gasteiger partial charge in [-0.05, 0) is 31.0 Å². The van der Waals surface area contributed by atoms with Crippen LogP contribution >= 0.6 is 0 Å². The fraction of sp³-hybridized carbons (Fsp3) is 0.176. The molecule has 0 saturated carbocycles. The Labute approximate surface area is 117 Å². The zero-order valence-corrected chi connectivity index (χ0v) is 11.4. The summed E-state index contributed by atoms with van der Waals surface area (Å²) in [4.78, 5) is 19.0. The molecule has 0 unspecified atom stereocenters. The standard InChI is InChI=1S/C17H16N2O/c1-12(20)7-8-13-9-10-15-16(11-13)19-17(18-15)14-5-3-2-4-6-14/h2-6,9-11H,7-8H2,1H3,(H,18,19). The summed E-state index contributed by atoms with van der Waals surface area (Å²) in [5.41, 5.74) is 4.21. The minimum Gasteiger partial charge on any atom is -0.338 e. The zero-order chi connectivity index (χ0) is 13.9. The van der Waals surface area contributed by atoms with E-state index in [1.165, 1.54) is 0 Å². The van der Waals surface area contributed by atoms with Crippen LogP contribution in [0.4, 0.5) is 0 Å². The van der Waals surface area contributed by atoms with E-state index in [2.05, 4.69) is 16.0 Å². The van der Waals surface area contributed by atoms with Gasteiger partial charge in [-0.1, -0.05) is 36.4 Å². The van der Waals surface area contributed by atoms with E-state index in [1.807, 2.05) is 42.5 Å². The molecule has 3 rings (SSSR count). The number of aromatic amines is 1. The van der Waals surface area contributed by atoms with Gasteiger partial charge in [-0.15, -0.1) is 0 Å². The summed E-state index contributed by atoms with van der Waals surface area (Å²) < 4.78 is 0. The number of benzene rings is 2. The normalized spacial score (nSPS) is 10.8. The molecule has 20 heavy (non-hydrogen) atoms. The lowest BCUT2D eigenvalue weighted by Crippen LogP contribution is -1.93. The highest BCUT2D eigenvalue weighted by Gasteiger charge is 2.06. The molecule has 0 aliphatic rings. The number of carbonyl (C=O) groups is 1. The number of carbonyl (C=O) groups excluding carboxylic acids is 1. The monoisotopic (exact) mass is 264 g/mol. The first-order valence-corrected chi connectivity index (χ1v) is 6.76. The highest BCUT2D eigenvalue weighted by atomic mass is 16.1. The fourth-order valence-corrected chi connectivity index (χ4v) is 2.27. The molecule has 0 atom stereocenters. The second kappa shape index (κ2) is 5.29. The number of rotatable bonds is 4. The molecule has 3 nitrogen and oxygen atoms in total. The van der Waals surface area contributed by atoms with Crippen molar-refractivity contribution in [2.75, 3.05) is 0 Å². The molecule has 1 aromatic heterocycles. The number of hydrogen-bond acceptors (Lipinski definition) is 2. The van der Waals surface area contributed by atoms with E-state index in [1.54, 1.807) is 6.92 Å². The Morgan fingerprint density at radius 1 is 1.15 bits per heavy atom. The predicted molar refractivity (Wildman–Crippen MR) is 80.5 cm³/mol. The molecular formula is C17H16N2O. The fourth-order valence-electron chi connectivity index (χ4n) is 2.27. The van der Waals surface area contributed by atoms with Crippen LogP contribution in [0.25, 0.3) is 22.4 Å². The Morgan fingerprint density at radius 3 is 2.70 bits per heavy atom. The van der Waals surface area contributed by atoms with Gasteiger partial charge in [-0.3, -0.25) is 0 Å². The molecule has 1 N–H and O–H groups in total. The lowest BCUT2D eigenvalue weighted by molar-refractivity contribution is -0.116. The van der Waals surface area contributed by atoms with Crippen molar-refractivity contribution in [2.45, 2.75) is 19.8 Å². The topological polar surface area (TPSA) is 45.8 Å². The number of H-pyrrole nitrogens is 1. The lowest BCUT2D eigenvalue weighted by Gasteiger charge is -1.98. The van der Waals surface area contributed by atoms with Crippen molar-refractivity contribution in [1.29, 1.82) is 0 Å². The summed E-state index contributed by atoms with van der Waals surface area (Å²) in [6.07, 6.45) is 1.37. The maximum atomic E-state index is 11.0. The van der Waals surface area contributed by atoms with Crippen LogP contribution < -0.4 is 0 Å². The molecule has 0 saturated heterocycles. The van der Waals surface area contributed by atoms with Gasteiger partial charge in [0.05, 0.1) is 11.0 Å². The molecule has 0 aliphatic carbocycles. The zero-order valence-electron chi connectivity index (χ0n) is 11.4. The van der Waals surface area contributed by atoms with Crippen LogP contribution in [0, 0.1) is 0 Å². The van der Waals surface area contributed by atoms with Gasteiger partial charge in [0, 0.05) is 12.0 Å². The van der Waals surface area contributed by atoms with Crippen molar-refractivity contribution in [1.82, 2.24) is 9.97 Å². The average molecular weight is 264 g/mol. The first kappa shape index (κ1) is 12.6. The minimum atomic E-state index is 0.222. The summed E-state index contributed by atoms with van der Waals surface area (Å²) >= 11 is 0. The number of imidazole rings is 1. The quantitative estimate of drug-likeness (QED) is 0.780. The Bertz CT molecular complexity index is 744. The van der Waals surface area contributed by atoms with Crippen molar-refractivity contribution >= 4 is 16.8 Å². The Morgan fingerprint density at radius 2 is 1.95 bits per heavy atom. The molecule has 0 amide bonds. The van der Waals surface area contributed by atoms with Crippen molar-refractivity contribution in [3.63, 3.8) is 0 Å². The minimum absolute atomic E-state index is 0.222. The summed E-state index contributed by atoms with van der Waals surface area (Å²) in [5.74, 6) is 1.10. The van der Waals surface area contributed by atoms with Gasteiger partial charge in [-0.2, -0.15) is 0 Å². The molecule has 0 spiro atoms. The van der Waals surface area contributed by atoms with Gasteiger partial charge in [0.1, 0.15) is 11.6 Å². The van der Waals surface area contributed by atoms with Crippen LogP contribution in [-0.4, -0.2) is 15.8 Å². The number of Topliss-reactive ketones (excluding diaryl/α,β-unsaturated/α-hetero) is 1. The van der Waals surface area contributed by atoms with Crippen LogP contribution in [-0.2, 0) is 11.2 Å². The molecule has 0 fully saturated rings. The second-order valence-electron chi connectivity index (χ2n) is 5.00. The van der Waals surface area contributed by atoms with E-state index in [4.69, 9.17) is 0 Å². The van der Waals surface area contributed by atoms with Gasteiger partial charge in [-0.25, -0.2) is 4.98 Å². The van der Waals surface area contributed by atoms with Crippen molar-refractivity contribution in [3.05, 3.63) is 54.1 Å². The van der Waals surface area contributed by atoms with Gasteiger partial charge >= 0.3 is 0 Å². The van der Waals surface area contributed by atoms with Crippen molar-refractivity contribution in [3.8, 4) is 11.4 Å². The number of nitrogens with zero attached hydrogens (tertiary/aromatic N) is 1. The van der Waals surface area contributed by atoms with E-state index in [0.29, 0.717) is 6.42 Å². The maximum absolute atomic E-state index is 11.0. The largest absolute Gasteiger partial charge is 0.338 e. The molecule has 100 valence electrons. The van der Waals surface area contributed by atoms with E-state index >= 15 is 0 Å². The van der Waals surface area contributed by atoms with Gasteiger partial charge < -0.3 is 9.78 Å². The third-order valence-electron chi connectivity index (χ3n) is 3.36. The highest BCUT2D eigenvalue weighted by molar-refractivity contribution is 5.80. The number of fused-ring (bicyclic) bond motifs is 1. The van der Waals surface area contributed by atoms with Crippen LogP contribution in [0.15, 0.2) is 48.5 Å². The van der Waals surface area contributed by atoms with E-state index in [0.717, 1.165) is 34.4 Å². The smallest absolute Gasteiger partial charge is 0.138 e. The summed E-state index contributed by atoms with van der Waals surface area (Å²) in [7, 11) is 0. The first-order chi connectivity index (χ1) is 9.72. The summed E-state index contributed by atoms with van der Waals surface area (Å²) in [5, 5.41) is 0. The molecule has 2 aromatic carbocycles. The SMILES string of the molecule is CC(=O)CCc1ccc2nc(-c3ccccc3)[nH]c2c1. The van der Waals surface area contributed by atoms with Crippen LogP contribution in [0.3, 0.4) is 0 Å². The predicted octanol–water partition coefficient (Wildman–Crippen LogP) is 3.75. The molecule has 3 aromatic rings. The molecule has 1 heterocycles. The number of ketones is 1. The van der Waals surface area contributed by atoms with Crippen LogP contribution in [0.2, 0.25) is 0 Å². The van der Waals surface area contributed by atoms with Gasteiger partial charge in [0.25, 0.3) is 0 Å². The number of hydrogen-bond donors (Lipinski definition) is 1. The van der Waals surface area contributed by atoms with Gasteiger partial charge in [0.2, 0.25) is 0 Å². The average Bonchev–Trinajstić information content (AvgIpc) is 2.89. The molecule has 0 aliphatic heterocycles. The Kier molecular flexibility index (Phi) is 3.33. The Hall–Kier alpha value is -2.42. The summed E-state index contributed by atoms with van der Waals surface area (Å²) in [6, 6.07) is 16.2. The number of nitrogens with one attached hydrogen (secondary N) is 1. The lowest BCUT2D eigenvalue weighted by atomic mass is 10.1. The molecule has 3 heteroatoms. The van der Waals surface area contributed by atoms with Crippen LogP contribution in [0.1, 0.15) is 18.9 Å². The van der Waals surface area contributed by atoms with Crippen LogP contribution in [0.5, 0.6) is 0 Å². The number of aromatic nitrogens is 2. The third kappa shape index (κ3) is 2.62. The molecule has 0 radical (unpaired) electrons. The first-order valence-electron chi connectivity index (χ1n) is 6.76. The van der Waals surface area contributed by atoms with Crippen molar-refractivity contribution in [2.24, 2.45) is 0 Å². The van der Waals surface area contributed by atoms with Gasteiger partial charge in [0.15, 0.2) is 0 Å². The second-order valence-corrected chi connectivity index (χ2v) is 5.00. The third-order valence-corrected chi connectivity index (χ3v) is 3.36. The molecule has 0 bridgehead atoms. The highest BCUT2D eigenvalue weighted by Crippen LogP contribution is 2.21. The molecular weight excluding hydrogens is 248 g/mol.